The van der Waals surface area contributed by atoms with Gasteiger partial charge >= 0.3 is 0 Å². The van der Waals surface area contributed by atoms with Gasteiger partial charge < -0.3 is 5.32 Å². The van der Waals surface area contributed by atoms with Crippen molar-refractivity contribution in [3.05, 3.63) is 53.7 Å². The number of amides is 1. The van der Waals surface area contributed by atoms with Crippen LogP contribution in [0.25, 0.3) is 11.3 Å². The normalized spacial score (nSPS) is 13.5. The van der Waals surface area contributed by atoms with Crippen LogP contribution < -0.4 is 5.32 Å². The molecule has 2 aromatic rings. The molecule has 0 spiro atoms. The number of nitrogens with zero attached hydrogens (tertiary/aromatic N) is 2. The van der Waals surface area contributed by atoms with E-state index in [2.05, 4.69) is 16.4 Å². The van der Waals surface area contributed by atoms with E-state index in [1.165, 1.54) is 0 Å². The third kappa shape index (κ3) is 3.26. The number of pyridine rings is 1. The second-order valence-electron chi connectivity index (χ2n) is 5.20. The first-order valence-electron chi connectivity index (χ1n) is 7.00. The van der Waals surface area contributed by atoms with Crippen LogP contribution in [-0.4, -0.2) is 10.9 Å². The molecule has 1 fully saturated rings. The first-order chi connectivity index (χ1) is 10.3. The predicted octanol–water partition coefficient (Wildman–Crippen LogP) is 2.65. The minimum Gasteiger partial charge on any atom is -0.350 e. The van der Waals surface area contributed by atoms with E-state index in [9.17, 15) is 4.79 Å². The van der Waals surface area contributed by atoms with Gasteiger partial charge in [-0.1, -0.05) is 18.2 Å². The molecule has 1 aliphatic carbocycles. The van der Waals surface area contributed by atoms with E-state index in [-0.39, 0.29) is 11.8 Å². The molecule has 4 heteroatoms. The molecule has 0 radical (unpaired) electrons. The van der Waals surface area contributed by atoms with Crippen molar-refractivity contribution in [3.8, 4) is 17.3 Å². The molecule has 104 valence electrons. The monoisotopic (exact) mass is 277 g/mol. The maximum Gasteiger partial charge on any atom is 0.223 e. The molecule has 0 aliphatic heterocycles. The lowest BCUT2D eigenvalue weighted by atomic mass is 10.1. The molecule has 0 bridgehead atoms. The fourth-order valence-corrected chi connectivity index (χ4v) is 2.15. The maximum absolute atomic E-state index is 11.6. The van der Waals surface area contributed by atoms with Gasteiger partial charge in [-0.2, -0.15) is 5.26 Å². The van der Waals surface area contributed by atoms with Gasteiger partial charge in [0, 0.05) is 11.5 Å². The largest absolute Gasteiger partial charge is 0.350 e. The molecule has 0 unspecified atom stereocenters. The van der Waals surface area contributed by atoms with Crippen LogP contribution in [0.15, 0.2) is 42.5 Å². The summed E-state index contributed by atoms with van der Waals surface area (Å²) in [5, 5.41) is 11.9. The molecule has 1 aromatic carbocycles. The molecule has 1 aliphatic rings. The zero-order valence-electron chi connectivity index (χ0n) is 11.5. The summed E-state index contributed by atoms with van der Waals surface area (Å²) in [7, 11) is 0. The number of hydrogen-bond donors (Lipinski definition) is 1. The fourth-order valence-electron chi connectivity index (χ4n) is 2.15. The molecular formula is C17H15N3O. The van der Waals surface area contributed by atoms with Crippen molar-refractivity contribution in [1.82, 2.24) is 10.3 Å². The minimum atomic E-state index is 0.119. The summed E-state index contributed by atoms with van der Waals surface area (Å²) >= 11 is 0. The Bertz CT molecular complexity index is 714. The molecule has 21 heavy (non-hydrogen) atoms. The van der Waals surface area contributed by atoms with Gasteiger partial charge in [0.25, 0.3) is 0 Å². The quantitative estimate of drug-likeness (QED) is 0.934. The highest BCUT2D eigenvalue weighted by Gasteiger charge is 2.29. The van der Waals surface area contributed by atoms with Gasteiger partial charge in [0.2, 0.25) is 5.91 Å². The first-order valence-corrected chi connectivity index (χ1v) is 7.00. The topological polar surface area (TPSA) is 65.8 Å². The highest BCUT2D eigenvalue weighted by Crippen LogP contribution is 2.28. The molecule has 1 amide bonds. The van der Waals surface area contributed by atoms with Gasteiger partial charge in [-0.05, 0) is 37.1 Å². The Morgan fingerprint density at radius 2 is 2.10 bits per heavy atom. The van der Waals surface area contributed by atoms with Crippen LogP contribution in [0.3, 0.4) is 0 Å². The van der Waals surface area contributed by atoms with Crippen molar-refractivity contribution >= 4 is 5.91 Å². The third-order valence-electron chi connectivity index (χ3n) is 3.49. The van der Waals surface area contributed by atoms with Crippen molar-refractivity contribution in [1.29, 1.82) is 5.26 Å². The number of benzene rings is 1. The number of nitrogens with one attached hydrogen (secondary N) is 1. The van der Waals surface area contributed by atoms with Crippen LogP contribution in [0.2, 0.25) is 0 Å². The van der Waals surface area contributed by atoms with Crippen LogP contribution in [0.4, 0.5) is 0 Å². The highest BCUT2D eigenvalue weighted by molar-refractivity contribution is 5.80. The van der Waals surface area contributed by atoms with Crippen LogP contribution in [0.5, 0.6) is 0 Å². The smallest absolute Gasteiger partial charge is 0.223 e. The van der Waals surface area contributed by atoms with E-state index < -0.39 is 0 Å². The van der Waals surface area contributed by atoms with E-state index in [4.69, 9.17) is 5.26 Å². The molecule has 4 nitrogen and oxygen atoms in total. The third-order valence-corrected chi connectivity index (χ3v) is 3.49. The average molecular weight is 277 g/mol. The number of nitriles is 1. The summed E-state index contributed by atoms with van der Waals surface area (Å²) < 4.78 is 0. The predicted molar refractivity (Wildman–Crippen MR) is 79.0 cm³/mol. The molecule has 1 heterocycles. The Morgan fingerprint density at radius 3 is 2.86 bits per heavy atom. The van der Waals surface area contributed by atoms with Gasteiger partial charge in [-0.25, -0.2) is 0 Å². The molecule has 1 saturated carbocycles. The molecule has 3 rings (SSSR count). The van der Waals surface area contributed by atoms with Crippen LogP contribution in [0.1, 0.15) is 24.1 Å². The van der Waals surface area contributed by atoms with E-state index in [0.29, 0.717) is 12.1 Å². The Morgan fingerprint density at radius 1 is 1.29 bits per heavy atom. The van der Waals surface area contributed by atoms with Crippen molar-refractivity contribution in [2.24, 2.45) is 5.92 Å². The van der Waals surface area contributed by atoms with Crippen molar-refractivity contribution in [2.45, 2.75) is 19.4 Å². The summed E-state index contributed by atoms with van der Waals surface area (Å²) in [4.78, 5) is 16.2. The minimum absolute atomic E-state index is 0.119. The molecule has 1 N–H and O–H groups in total. The van der Waals surface area contributed by atoms with Crippen molar-refractivity contribution in [3.63, 3.8) is 0 Å². The SMILES string of the molecule is N#Cc1cccc(-c2cccc(CNC(=O)C3CC3)n2)c1. The summed E-state index contributed by atoms with van der Waals surface area (Å²) in [6, 6.07) is 15.2. The summed E-state index contributed by atoms with van der Waals surface area (Å²) in [6.07, 6.45) is 2.00. The van der Waals surface area contributed by atoms with E-state index in [1.807, 2.05) is 36.4 Å². The van der Waals surface area contributed by atoms with Gasteiger partial charge in [0.05, 0.1) is 29.6 Å². The van der Waals surface area contributed by atoms with Crippen LogP contribution in [0, 0.1) is 17.2 Å². The van der Waals surface area contributed by atoms with E-state index in [0.717, 1.165) is 29.8 Å². The number of rotatable bonds is 4. The fraction of sp³-hybridized carbons (Fsp3) is 0.235. The van der Waals surface area contributed by atoms with Crippen molar-refractivity contribution in [2.75, 3.05) is 0 Å². The van der Waals surface area contributed by atoms with Gasteiger partial charge in [-0.3, -0.25) is 9.78 Å². The Kier molecular flexibility index (Phi) is 3.65. The second-order valence-corrected chi connectivity index (χ2v) is 5.20. The van der Waals surface area contributed by atoms with Crippen LogP contribution in [-0.2, 0) is 11.3 Å². The zero-order valence-corrected chi connectivity index (χ0v) is 11.5. The highest BCUT2D eigenvalue weighted by atomic mass is 16.2. The number of carbonyl (C=O) groups is 1. The number of aromatic nitrogens is 1. The lowest BCUT2D eigenvalue weighted by Crippen LogP contribution is -2.24. The standard InChI is InChI=1S/C17H15N3O/c18-10-12-3-1-4-14(9-12)16-6-2-5-15(20-16)11-19-17(21)13-7-8-13/h1-6,9,13H,7-8,11H2,(H,19,21). The number of hydrogen-bond acceptors (Lipinski definition) is 3. The lowest BCUT2D eigenvalue weighted by molar-refractivity contribution is -0.122. The van der Waals surface area contributed by atoms with Gasteiger partial charge in [0.15, 0.2) is 0 Å². The average Bonchev–Trinajstić information content (AvgIpc) is 3.38. The maximum atomic E-state index is 11.6. The summed E-state index contributed by atoms with van der Waals surface area (Å²) in [6.45, 7) is 0.446. The van der Waals surface area contributed by atoms with E-state index >= 15 is 0 Å². The Labute approximate surface area is 123 Å². The van der Waals surface area contributed by atoms with Crippen LogP contribution >= 0.6 is 0 Å². The molecule has 0 atom stereocenters. The molecule has 0 saturated heterocycles. The Balaban J connectivity index is 1.75. The lowest BCUT2D eigenvalue weighted by Gasteiger charge is -2.06. The number of carbonyl (C=O) groups excluding carboxylic acids is 1. The second kappa shape index (κ2) is 5.76. The first kappa shape index (κ1) is 13.3. The van der Waals surface area contributed by atoms with E-state index in [1.54, 1.807) is 6.07 Å². The van der Waals surface area contributed by atoms with Gasteiger partial charge in [0.1, 0.15) is 0 Å². The zero-order chi connectivity index (χ0) is 14.7. The molecular weight excluding hydrogens is 262 g/mol. The molecule has 1 aromatic heterocycles. The summed E-state index contributed by atoms with van der Waals surface area (Å²) in [5.41, 5.74) is 3.15. The van der Waals surface area contributed by atoms with Gasteiger partial charge in [-0.15, -0.1) is 0 Å². The van der Waals surface area contributed by atoms with Crippen molar-refractivity contribution < 1.29 is 4.79 Å². The summed E-state index contributed by atoms with van der Waals surface area (Å²) in [5.74, 6) is 0.328. The Hall–Kier alpha value is -2.67.